The van der Waals surface area contributed by atoms with E-state index in [1.54, 1.807) is 7.11 Å². The lowest BCUT2D eigenvalue weighted by molar-refractivity contribution is 0.158. The fourth-order valence-corrected chi connectivity index (χ4v) is 0.803. The first-order chi connectivity index (χ1) is 5.86. The second-order valence-electron chi connectivity index (χ2n) is 2.38. The predicted molar refractivity (Wildman–Crippen MR) is 42.6 cm³/mol. The van der Waals surface area contributed by atoms with Gasteiger partial charge < -0.3 is 14.5 Å². The van der Waals surface area contributed by atoms with Crippen LogP contribution < -0.4 is 5.32 Å². The monoisotopic (exact) mass is 171 g/mol. The van der Waals surface area contributed by atoms with Gasteiger partial charge in [0.05, 0.1) is 0 Å². The Morgan fingerprint density at radius 3 is 2.83 bits per heavy atom. The van der Waals surface area contributed by atoms with Crippen LogP contribution in [0.25, 0.3) is 0 Å². The molecule has 0 spiro atoms. The lowest BCUT2D eigenvalue weighted by atomic mass is 10.4. The Labute approximate surface area is 71.1 Å². The molecule has 0 fully saturated rings. The van der Waals surface area contributed by atoms with Crippen molar-refractivity contribution < 1.29 is 9.15 Å². The van der Waals surface area contributed by atoms with Crippen molar-refractivity contribution in [3.63, 3.8) is 0 Å². The van der Waals surface area contributed by atoms with Crippen molar-refractivity contribution in [1.29, 1.82) is 0 Å². The summed E-state index contributed by atoms with van der Waals surface area (Å²) in [5.41, 5.74) is 0. The molecule has 0 atom stereocenters. The van der Waals surface area contributed by atoms with Crippen LogP contribution in [0.2, 0.25) is 0 Å². The second-order valence-corrected chi connectivity index (χ2v) is 2.38. The van der Waals surface area contributed by atoms with E-state index in [2.05, 4.69) is 15.5 Å². The lowest BCUT2D eigenvalue weighted by Gasteiger charge is -1.92. The van der Waals surface area contributed by atoms with Crippen LogP contribution in [0, 0.1) is 0 Å². The van der Waals surface area contributed by atoms with Crippen LogP contribution >= 0.6 is 0 Å². The highest BCUT2D eigenvalue weighted by molar-refractivity contribution is 4.80. The molecular formula is C7H13N3O2. The summed E-state index contributed by atoms with van der Waals surface area (Å²) >= 11 is 0. The van der Waals surface area contributed by atoms with Gasteiger partial charge in [-0.05, 0) is 7.05 Å². The van der Waals surface area contributed by atoms with Crippen molar-refractivity contribution >= 4 is 0 Å². The van der Waals surface area contributed by atoms with Crippen molar-refractivity contribution in [2.24, 2.45) is 0 Å². The predicted octanol–water partition coefficient (Wildman–Crippen LogP) is -0.0221. The Morgan fingerprint density at radius 2 is 2.17 bits per heavy atom. The number of nitrogens with zero attached hydrogens (tertiary/aromatic N) is 2. The zero-order valence-electron chi connectivity index (χ0n) is 7.33. The third kappa shape index (κ3) is 2.60. The maximum Gasteiger partial charge on any atom is 0.242 e. The molecule has 1 heterocycles. The molecule has 1 aromatic heterocycles. The SMILES string of the molecule is CNCCc1nnc(COC)o1. The van der Waals surface area contributed by atoms with Crippen molar-refractivity contribution in [2.45, 2.75) is 13.0 Å². The molecule has 0 unspecified atom stereocenters. The molecule has 68 valence electrons. The summed E-state index contributed by atoms with van der Waals surface area (Å²) in [6.07, 6.45) is 0.757. The highest BCUT2D eigenvalue weighted by atomic mass is 16.5. The van der Waals surface area contributed by atoms with Crippen LogP contribution in [0.1, 0.15) is 11.8 Å². The largest absolute Gasteiger partial charge is 0.423 e. The Kier molecular flexibility index (Phi) is 3.69. The van der Waals surface area contributed by atoms with Crippen molar-refractivity contribution in [1.82, 2.24) is 15.5 Å². The summed E-state index contributed by atoms with van der Waals surface area (Å²) < 4.78 is 10.1. The first-order valence-corrected chi connectivity index (χ1v) is 3.81. The number of aromatic nitrogens is 2. The average molecular weight is 171 g/mol. The van der Waals surface area contributed by atoms with Gasteiger partial charge in [-0.3, -0.25) is 0 Å². The molecule has 5 nitrogen and oxygen atoms in total. The standard InChI is InChI=1S/C7H13N3O2/c1-8-4-3-6-9-10-7(12-6)5-11-2/h8H,3-5H2,1-2H3. The molecule has 1 aromatic rings. The fraction of sp³-hybridized carbons (Fsp3) is 0.714. The van der Waals surface area contributed by atoms with Crippen LogP contribution in [-0.4, -0.2) is 30.9 Å². The molecule has 0 aliphatic heterocycles. The molecule has 0 aliphatic rings. The van der Waals surface area contributed by atoms with E-state index in [-0.39, 0.29) is 0 Å². The van der Waals surface area contributed by atoms with E-state index in [0.29, 0.717) is 18.4 Å². The summed E-state index contributed by atoms with van der Waals surface area (Å²) in [4.78, 5) is 0. The fourth-order valence-electron chi connectivity index (χ4n) is 0.803. The Balaban J connectivity index is 2.41. The van der Waals surface area contributed by atoms with Gasteiger partial charge in [-0.2, -0.15) is 0 Å². The third-order valence-electron chi connectivity index (χ3n) is 1.37. The average Bonchev–Trinajstić information content (AvgIpc) is 2.50. The second kappa shape index (κ2) is 4.84. The Bertz CT molecular complexity index is 224. The third-order valence-corrected chi connectivity index (χ3v) is 1.37. The van der Waals surface area contributed by atoms with E-state index in [0.717, 1.165) is 13.0 Å². The van der Waals surface area contributed by atoms with Gasteiger partial charge in [0.1, 0.15) is 6.61 Å². The summed E-state index contributed by atoms with van der Waals surface area (Å²) in [5, 5.41) is 10.6. The molecule has 1 N–H and O–H groups in total. The molecule has 0 bridgehead atoms. The molecule has 12 heavy (non-hydrogen) atoms. The molecule has 0 aromatic carbocycles. The van der Waals surface area contributed by atoms with Gasteiger partial charge in [0.15, 0.2) is 0 Å². The lowest BCUT2D eigenvalue weighted by Crippen LogP contribution is -2.10. The Hall–Kier alpha value is -0.940. The number of likely N-dealkylation sites (N-methyl/N-ethyl adjacent to an activating group) is 1. The topological polar surface area (TPSA) is 60.2 Å². The number of ether oxygens (including phenoxy) is 1. The van der Waals surface area contributed by atoms with Gasteiger partial charge in [-0.1, -0.05) is 0 Å². The van der Waals surface area contributed by atoms with Gasteiger partial charge in [0, 0.05) is 20.1 Å². The van der Waals surface area contributed by atoms with E-state index >= 15 is 0 Å². The quantitative estimate of drug-likeness (QED) is 0.674. The molecule has 0 saturated carbocycles. The summed E-state index contributed by atoms with van der Waals surface area (Å²) in [7, 11) is 3.48. The highest BCUT2D eigenvalue weighted by Crippen LogP contribution is 2.00. The normalized spacial score (nSPS) is 10.5. The minimum Gasteiger partial charge on any atom is -0.423 e. The van der Waals surface area contributed by atoms with E-state index in [4.69, 9.17) is 9.15 Å². The maximum absolute atomic E-state index is 5.24. The van der Waals surface area contributed by atoms with Gasteiger partial charge >= 0.3 is 0 Å². The van der Waals surface area contributed by atoms with Crippen molar-refractivity contribution in [3.05, 3.63) is 11.8 Å². The summed E-state index contributed by atoms with van der Waals surface area (Å²) in [5.74, 6) is 1.18. The zero-order valence-corrected chi connectivity index (χ0v) is 7.33. The molecule has 5 heteroatoms. The van der Waals surface area contributed by atoms with E-state index in [1.165, 1.54) is 0 Å². The van der Waals surface area contributed by atoms with Crippen molar-refractivity contribution in [3.8, 4) is 0 Å². The van der Waals surface area contributed by atoms with Crippen LogP contribution in [-0.2, 0) is 17.8 Å². The zero-order chi connectivity index (χ0) is 8.81. The molecule has 0 radical (unpaired) electrons. The van der Waals surface area contributed by atoms with Gasteiger partial charge in [-0.15, -0.1) is 10.2 Å². The number of nitrogens with one attached hydrogen (secondary N) is 1. The molecule has 0 aliphatic carbocycles. The van der Waals surface area contributed by atoms with Crippen LogP contribution in [0.15, 0.2) is 4.42 Å². The van der Waals surface area contributed by atoms with Crippen LogP contribution in [0.4, 0.5) is 0 Å². The Morgan fingerprint density at radius 1 is 1.42 bits per heavy atom. The molecule has 0 saturated heterocycles. The van der Waals surface area contributed by atoms with Crippen LogP contribution in [0.3, 0.4) is 0 Å². The number of rotatable bonds is 5. The van der Waals surface area contributed by atoms with Crippen LogP contribution in [0.5, 0.6) is 0 Å². The highest BCUT2D eigenvalue weighted by Gasteiger charge is 2.03. The minimum absolute atomic E-state index is 0.382. The summed E-state index contributed by atoms with van der Waals surface area (Å²) in [6.45, 7) is 1.22. The molecule has 1 rings (SSSR count). The van der Waals surface area contributed by atoms with Gasteiger partial charge in [0.25, 0.3) is 0 Å². The smallest absolute Gasteiger partial charge is 0.242 e. The first kappa shape index (κ1) is 9.15. The van der Waals surface area contributed by atoms with Crippen molar-refractivity contribution in [2.75, 3.05) is 20.7 Å². The number of hydrogen-bond donors (Lipinski definition) is 1. The molecule has 0 amide bonds. The first-order valence-electron chi connectivity index (χ1n) is 3.81. The number of hydrogen-bond acceptors (Lipinski definition) is 5. The van der Waals surface area contributed by atoms with Gasteiger partial charge in [0.2, 0.25) is 11.8 Å². The minimum atomic E-state index is 0.382. The van der Waals surface area contributed by atoms with E-state index < -0.39 is 0 Å². The van der Waals surface area contributed by atoms with E-state index in [1.807, 2.05) is 7.05 Å². The number of methoxy groups -OCH3 is 1. The van der Waals surface area contributed by atoms with Gasteiger partial charge in [-0.25, -0.2) is 0 Å². The summed E-state index contributed by atoms with van der Waals surface area (Å²) in [6, 6.07) is 0. The maximum atomic E-state index is 5.24. The van der Waals surface area contributed by atoms with E-state index in [9.17, 15) is 0 Å². The molecular weight excluding hydrogens is 158 g/mol.